The Kier molecular flexibility index (Phi) is 2.83. The lowest BCUT2D eigenvalue weighted by Gasteiger charge is -2.16. The number of hydrogen-bond donors (Lipinski definition) is 2. The number of hydrogen-bond acceptors (Lipinski definition) is 4. The maximum atomic E-state index is 11.7. The molecule has 2 N–H and O–H groups in total. The fourth-order valence-electron chi connectivity index (χ4n) is 1.63. The lowest BCUT2D eigenvalue weighted by Crippen LogP contribution is -2.30. The molecule has 0 aliphatic carbocycles. The van der Waals surface area contributed by atoms with Crippen molar-refractivity contribution in [2.24, 2.45) is 0 Å². The van der Waals surface area contributed by atoms with E-state index in [0.29, 0.717) is 10.9 Å². The summed E-state index contributed by atoms with van der Waals surface area (Å²) in [6, 6.07) is 12.5. The SMILES string of the molecule is CC(O)(O)OC(=O)c1cccc2ccccc12. The van der Waals surface area contributed by atoms with Crippen molar-refractivity contribution in [3.05, 3.63) is 48.0 Å². The Labute approximate surface area is 98.1 Å². The van der Waals surface area contributed by atoms with Crippen LogP contribution in [-0.2, 0) is 4.74 Å². The average Bonchev–Trinajstić information content (AvgIpc) is 2.26. The van der Waals surface area contributed by atoms with Gasteiger partial charge >= 0.3 is 11.9 Å². The average molecular weight is 232 g/mol. The zero-order valence-electron chi connectivity index (χ0n) is 9.25. The third kappa shape index (κ3) is 2.61. The van der Waals surface area contributed by atoms with Crippen molar-refractivity contribution in [1.29, 1.82) is 0 Å². The van der Waals surface area contributed by atoms with Crippen molar-refractivity contribution >= 4 is 16.7 Å². The first-order valence-corrected chi connectivity index (χ1v) is 5.13. The van der Waals surface area contributed by atoms with Crippen LogP contribution < -0.4 is 0 Å². The second kappa shape index (κ2) is 4.16. The summed E-state index contributed by atoms with van der Waals surface area (Å²) in [5.41, 5.74) is 0.303. The zero-order valence-corrected chi connectivity index (χ0v) is 9.25. The van der Waals surface area contributed by atoms with Crippen molar-refractivity contribution in [3.63, 3.8) is 0 Å². The molecule has 4 nitrogen and oxygen atoms in total. The Balaban J connectivity index is 2.45. The number of ether oxygens (including phenoxy) is 1. The molecule has 0 amide bonds. The van der Waals surface area contributed by atoms with Crippen molar-refractivity contribution in [2.75, 3.05) is 0 Å². The maximum Gasteiger partial charge on any atom is 0.343 e. The van der Waals surface area contributed by atoms with E-state index in [9.17, 15) is 4.79 Å². The van der Waals surface area contributed by atoms with Crippen LogP contribution in [0.3, 0.4) is 0 Å². The van der Waals surface area contributed by atoms with E-state index in [0.717, 1.165) is 12.3 Å². The molecule has 0 aromatic heterocycles. The van der Waals surface area contributed by atoms with Gasteiger partial charge in [-0.2, -0.15) is 0 Å². The fourth-order valence-corrected chi connectivity index (χ4v) is 1.63. The first-order valence-electron chi connectivity index (χ1n) is 5.13. The molecule has 0 aliphatic rings. The van der Waals surface area contributed by atoms with Crippen molar-refractivity contribution < 1.29 is 19.7 Å². The molecular formula is C13H12O4. The summed E-state index contributed by atoms with van der Waals surface area (Å²) in [6.45, 7) is 0.982. The van der Waals surface area contributed by atoms with Gasteiger partial charge in [-0.1, -0.05) is 36.4 Å². The van der Waals surface area contributed by atoms with Gasteiger partial charge in [0.1, 0.15) is 0 Å². The highest BCUT2D eigenvalue weighted by Crippen LogP contribution is 2.20. The highest BCUT2D eigenvalue weighted by molar-refractivity contribution is 6.04. The zero-order chi connectivity index (χ0) is 12.5. The minimum absolute atomic E-state index is 0.303. The predicted molar refractivity (Wildman–Crippen MR) is 62.2 cm³/mol. The summed E-state index contributed by atoms with van der Waals surface area (Å²) in [7, 11) is 0. The molecule has 17 heavy (non-hydrogen) atoms. The number of carbonyl (C=O) groups is 1. The Morgan fingerprint density at radius 2 is 1.76 bits per heavy atom. The molecule has 2 rings (SSSR count). The van der Waals surface area contributed by atoms with Crippen LogP contribution in [0.15, 0.2) is 42.5 Å². The first-order chi connectivity index (χ1) is 7.97. The fraction of sp³-hybridized carbons (Fsp3) is 0.154. The molecule has 88 valence electrons. The molecular weight excluding hydrogens is 220 g/mol. The minimum Gasteiger partial charge on any atom is -0.405 e. The number of aliphatic hydroxyl groups is 2. The van der Waals surface area contributed by atoms with E-state index in [1.807, 2.05) is 18.2 Å². The standard InChI is InChI=1S/C13H12O4/c1-13(15,16)17-12(14)11-8-4-6-9-5-2-3-7-10(9)11/h2-8,15-16H,1H3. The van der Waals surface area contributed by atoms with Gasteiger partial charge in [-0.25, -0.2) is 4.79 Å². The molecule has 0 heterocycles. The molecule has 0 atom stereocenters. The molecule has 2 aromatic carbocycles. The van der Waals surface area contributed by atoms with Gasteiger partial charge in [-0.15, -0.1) is 0 Å². The summed E-state index contributed by atoms with van der Waals surface area (Å²) < 4.78 is 4.50. The summed E-state index contributed by atoms with van der Waals surface area (Å²) in [5.74, 6) is -3.23. The second-order valence-corrected chi connectivity index (χ2v) is 3.85. The van der Waals surface area contributed by atoms with Gasteiger partial charge < -0.3 is 14.9 Å². The largest absolute Gasteiger partial charge is 0.405 e. The van der Waals surface area contributed by atoms with Crippen LogP contribution in [0, 0.1) is 0 Å². The number of fused-ring (bicyclic) bond motifs is 1. The van der Waals surface area contributed by atoms with E-state index < -0.39 is 11.9 Å². The summed E-state index contributed by atoms with van der Waals surface area (Å²) in [5, 5.41) is 19.7. The molecule has 0 saturated heterocycles. The Morgan fingerprint density at radius 3 is 2.47 bits per heavy atom. The predicted octanol–water partition coefficient (Wildman–Crippen LogP) is 1.65. The molecule has 0 bridgehead atoms. The molecule has 2 aromatic rings. The Bertz CT molecular complexity index is 549. The normalized spacial score (nSPS) is 11.5. The number of esters is 1. The van der Waals surface area contributed by atoms with Crippen LogP contribution in [0.1, 0.15) is 17.3 Å². The van der Waals surface area contributed by atoms with Crippen LogP contribution in [0.4, 0.5) is 0 Å². The van der Waals surface area contributed by atoms with E-state index in [4.69, 9.17) is 10.2 Å². The van der Waals surface area contributed by atoms with E-state index in [1.54, 1.807) is 24.3 Å². The molecule has 0 radical (unpaired) electrons. The van der Waals surface area contributed by atoms with Gasteiger partial charge in [0, 0.05) is 6.92 Å². The van der Waals surface area contributed by atoms with Gasteiger partial charge in [0.15, 0.2) is 0 Å². The van der Waals surface area contributed by atoms with Gasteiger partial charge in [0.25, 0.3) is 0 Å². The maximum absolute atomic E-state index is 11.7. The molecule has 0 spiro atoms. The summed E-state index contributed by atoms with van der Waals surface area (Å²) in [6.07, 6.45) is 0. The molecule has 4 heteroatoms. The smallest absolute Gasteiger partial charge is 0.343 e. The van der Waals surface area contributed by atoms with Gasteiger partial charge in [0.2, 0.25) is 0 Å². The number of carbonyl (C=O) groups excluding carboxylic acids is 1. The summed E-state index contributed by atoms with van der Waals surface area (Å²) >= 11 is 0. The van der Waals surface area contributed by atoms with Crippen LogP contribution in [0.25, 0.3) is 10.8 Å². The van der Waals surface area contributed by atoms with E-state index >= 15 is 0 Å². The number of rotatable bonds is 2. The third-order valence-electron chi connectivity index (χ3n) is 2.30. The molecule has 0 aliphatic heterocycles. The van der Waals surface area contributed by atoms with Crippen molar-refractivity contribution in [1.82, 2.24) is 0 Å². The van der Waals surface area contributed by atoms with E-state index in [2.05, 4.69) is 4.74 Å². The molecule has 0 saturated carbocycles. The van der Waals surface area contributed by atoms with Gasteiger partial charge in [-0.05, 0) is 16.8 Å². The number of benzene rings is 2. The van der Waals surface area contributed by atoms with Crippen LogP contribution in [0.2, 0.25) is 0 Å². The second-order valence-electron chi connectivity index (χ2n) is 3.85. The van der Waals surface area contributed by atoms with Crippen LogP contribution >= 0.6 is 0 Å². The highest BCUT2D eigenvalue weighted by Gasteiger charge is 2.23. The quantitative estimate of drug-likeness (QED) is 0.610. The molecule has 0 unspecified atom stereocenters. The Morgan fingerprint density at radius 1 is 1.12 bits per heavy atom. The Hall–Kier alpha value is -1.91. The summed E-state index contributed by atoms with van der Waals surface area (Å²) in [4.78, 5) is 11.7. The van der Waals surface area contributed by atoms with Gasteiger partial charge in [0.05, 0.1) is 5.56 Å². The molecule has 0 fully saturated rings. The third-order valence-corrected chi connectivity index (χ3v) is 2.30. The highest BCUT2D eigenvalue weighted by atomic mass is 16.8. The lowest BCUT2D eigenvalue weighted by molar-refractivity contribution is -0.293. The lowest BCUT2D eigenvalue weighted by atomic mass is 10.1. The van der Waals surface area contributed by atoms with Crippen molar-refractivity contribution in [3.8, 4) is 0 Å². The minimum atomic E-state index is -2.46. The van der Waals surface area contributed by atoms with Crippen LogP contribution in [0.5, 0.6) is 0 Å². The monoisotopic (exact) mass is 232 g/mol. The van der Waals surface area contributed by atoms with Crippen molar-refractivity contribution in [2.45, 2.75) is 12.9 Å². The van der Waals surface area contributed by atoms with E-state index in [1.165, 1.54) is 0 Å². The van der Waals surface area contributed by atoms with Gasteiger partial charge in [-0.3, -0.25) is 0 Å². The topological polar surface area (TPSA) is 66.8 Å². The van der Waals surface area contributed by atoms with E-state index in [-0.39, 0.29) is 0 Å². The first kappa shape index (κ1) is 11.6. The van der Waals surface area contributed by atoms with Crippen LogP contribution in [-0.4, -0.2) is 22.2 Å².